The van der Waals surface area contributed by atoms with Crippen molar-refractivity contribution < 1.29 is 19.1 Å². The van der Waals surface area contributed by atoms with E-state index in [2.05, 4.69) is 25.3 Å². The fraction of sp³-hybridized carbons (Fsp3) is 0.417. The Hall–Kier alpha value is -2.14. The highest BCUT2D eigenvalue weighted by molar-refractivity contribution is 8.02. The molecule has 0 unspecified atom stereocenters. The van der Waals surface area contributed by atoms with Crippen LogP contribution in [0.25, 0.3) is 0 Å². The number of nitrogens with one attached hydrogen (secondary N) is 1. The maximum absolute atomic E-state index is 12.2. The third-order valence-corrected chi connectivity index (χ3v) is 4.67. The van der Waals surface area contributed by atoms with Crippen LogP contribution >= 0.6 is 23.1 Å². The Morgan fingerprint density at radius 2 is 2.13 bits per heavy atom. The first-order valence-electron chi connectivity index (χ1n) is 6.41. The molecule has 0 bridgehead atoms. The molecule has 2 rings (SSSR count). The first-order chi connectivity index (χ1) is 10.9. The highest BCUT2D eigenvalue weighted by atomic mass is 32.2. The molecule has 0 aliphatic rings. The number of methoxy groups -OCH3 is 2. The topological polar surface area (TPSA) is 108 Å². The predicted octanol–water partition coefficient (Wildman–Crippen LogP) is 1.19. The van der Waals surface area contributed by atoms with E-state index in [4.69, 9.17) is 4.74 Å². The van der Waals surface area contributed by atoms with Gasteiger partial charge in [-0.2, -0.15) is 0 Å². The lowest BCUT2D eigenvalue weighted by atomic mass is 10.3. The van der Waals surface area contributed by atoms with Gasteiger partial charge in [0, 0.05) is 13.2 Å². The molecule has 0 aliphatic carbocycles. The normalized spacial score (nSPS) is 11.8. The molecule has 124 valence electrons. The molecule has 1 atom stereocenters. The van der Waals surface area contributed by atoms with E-state index in [1.54, 1.807) is 20.2 Å². The van der Waals surface area contributed by atoms with Crippen molar-refractivity contribution in [3.63, 3.8) is 0 Å². The number of rotatable bonds is 6. The summed E-state index contributed by atoms with van der Waals surface area (Å²) in [5.74, 6) is -0.525. The zero-order valence-corrected chi connectivity index (χ0v) is 14.5. The van der Waals surface area contributed by atoms with Gasteiger partial charge in [0.2, 0.25) is 11.0 Å². The van der Waals surface area contributed by atoms with Crippen molar-refractivity contribution >= 4 is 40.1 Å². The largest absolute Gasteiger partial charge is 0.479 e. The Labute approximate surface area is 140 Å². The number of hydrogen-bond acceptors (Lipinski definition) is 9. The lowest BCUT2D eigenvalue weighted by Crippen LogP contribution is -2.14. The third-order valence-electron chi connectivity index (χ3n) is 2.67. The van der Waals surface area contributed by atoms with Gasteiger partial charge in [-0.15, -0.1) is 15.3 Å². The van der Waals surface area contributed by atoms with E-state index in [1.165, 1.54) is 42.0 Å². The number of carbonyl (C=O) groups excluding carboxylic acids is 2. The van der Waals surface area contributed by atoms with Gasteiger partial charge in [0.25, 0.3) is 5.91 Å². The number of esters is 1. The van der Waals surface area contributed by atoms with Crippen molar-refractivity contribution in [3.05, 3.63) is 11.8 Å². The lowest BCUT2D eigenvalue weighted by molar-refractivity contribution is -0.139. The van der Waals surface area contributed by atoms with E-state index < -0.39 is 11.2 Å². The number of anilines is 1. The van der Waals surface area contributed by atoms with Gasteiger partial charge in [-0.1, -0.05) is 23.1 Å². The average Bonchev–Trinajstić information content (AvgIpc) is 3.12. The molecular weight excluding hydrogens is 342 g/mol. The van der Waals surface area contributed by atoms with Crippen LogP contribution in [0.2, 0.25) is 0 Å². The number of carbonyl (C=O) groups is 2. The summed E-state index contributed by atoms with van der Waals surface area (Å²) in [4.78, 5) is 23.6. The minimum absolute atomic E-state index is 0.225. The van der Waals surface area contributed by atoms with Crippen molar-refractivity contribution in [1.29, 1.82) is 0 Å². The molecule has 1 amide bonds. The van der Waals surface area contributed by atoms with Crippen LogP contribution in [0.5, 0.6) is 5.88 Å². The smallest absolute Gasteiger partial charge is 0.318 e. The Balaban J connectivity index is 2.04. The number of amides is 1. The fourth-order valence-corrected chi connectivity index (χ4v) is 3.53. The first-order valence-corrected chi connectivity index (χ1v) is 8.11. The average molecular weight is 357 g/mol. The molecule has 23 heavy (non-hydrogen) atoms. The van der Waals surface area contributed by atoms with Gasteiger partial charge >= 0.3 is 5.97 Å². The highest BCUT2D eigenvalue weighted by Gasteiger charge is 2.20. The Kier molecular flexibility index (Phi) is 5.55. The van der Waals surface area contributed by atoms with Crippen LogP contribution in [-0.4, -0.2) is 51.3 Å². The van der Waals surface area contributed by atoms with E-state index in [0.29, 0.717) is 15.0 Å². The molecule has 0 aromatic carbocycles. The number of aromatic nitrogens is 4. The lowest BCUT2D eigenvalue weighted by Gasteiger charge is -2.04. The second kappa shape index (κ2) is 7.42. The molecule has 0 aliphatic heterocycles. The zero-order chi connectivity index (χ0) is 17.0. The molecule has 0 spiro atoms. The van der Waals surface area contributed by atoms with Gasteiger partial charge < -0.3 is 9.47 Å². The van der Waals surface area contributed by atoms with Crippen LogP contribution in [0.1, 0.15) is 17.3 Å². The molecule has 2 heterocycles. The number of nitrogens with zero attached hydrogens (tertiary/aromatic N) is 4. The second-order valence-corrected chi connectivity index (χ2v) is 6.90. The summed E-state index contributed by atoms with van der Waals surface area (Å²) >= 11 is 2.38. The van der Waals surface area contributed by atoms with Crippen LogP contribution in [-0.2, 0) is 16.6 Å². The summed E-state index contributed by atoms with van der Waals surface area (Å²) < 4.78 is 11.7. The van der Waals surface area contributed by atoms with Crippen LogP contribution < -0.4 is 10.1 Å². The monoisotopic (exact) mass is 357 g/mol. The summed E-state index contributed by atoms with van der Waals surface area (Å²) in [7, 11) is 4.45. The molecule has 0 saturated carbocycles. The summed E-state index contributed by atoms with van der Waals surface area (Å²) in [6, 6.07) is 0. The quantitative estimate of drug-likeness (QED) is 0.466. The second-order valence-electron chi connectivity index (χ2n) is 4.34. The van der Waals surface area contributed by atoms with Crippen LogP contribution in [0.15, 0.2) is 10.5 Å². The molecule has 0 radical (unpaired) electrons. The van der Waals surface area contributed by atoms with Gasteiger partial charge in [-0.05, 0) is 6.92 Å². The summed E-state index contributed by atoms with van der Waals surface area (Å²) in [6.45, 7) is 1.71. The Morgan fingerprint density at radius 3 is 2.78 bits per heavy atom. The molecule has 0 saturated heterocycles. The molecule has 1 N–H and O–H groups in total. The van der Waals surface area contributed by atoms with Crippen molar-refractivity contribution in [2.45, 2.75) is 16.5 Å². The Bertz CT molecular complexity index is 714. The number of thioether (sulfide) groups is 1. The molecule has 0 fully saturated rings. The number of hydrogen-bond donors (Lipinski definition) is 1. The molecular formula is C12H15N5O4S2. The fourth-order valence-electron chi connectivity index (χ4n) is 1.61. The zero-order valence-electron chi connectivity index (χ0n) is 12.9. The number of ether oxygens (including phenoxy) is 2. The van der Waals surface area contributed by atoms with Crippen molar-refractivity contribution in [2.75, 3.05) is 19.5 Å². The predicted molar refractivity (Wildman–Crippen MR) is 85.0 cm³/mol. The Morgan fingerprint density at radius 1 is 1.39 bits per heavy atom. The van der Waals surface area contributed by atoms with Gasteiger partial charge in [-0.25, -0.2) is 0 Å². The van der Waals surface area contributed by atoms with E-state index in [1.807, 2.05) is 0 Å². The standard InChI is InChI=1S/C12H15N5O4S2/c1-6(10(19)21-4)22-12-15-14-11(23-12)13-8(18)7-5-17(2)16-9(7)20-3/h5-6H,1-4H3,(H,13,14,18)/t6-/m0/s1. The number of aryl methyl sites for hydroxylation is 1. The molecule has 2 aromatic heterocycles. The first kappa shape index (κ1) is 17.2. The third kappa shape index (κ3) is 4.20. The maximum atomic E-state index is 12.2. The van der Waals surface area contributed by atoms with Crippen molar-refractivity contribution in [3.8, 4) is 5.88 Å². The van der Waals surface area contributed by atoms with Crippen LogP contribution in [0, 0.1) is 0 Å². The van der Waals surface area contributed by atoms with Crippen LogP contribution in [0.4, 0.5) is 5.13 Å². The van der Waals surface area contributed by atoms with Gasteiger partial charge in [-0.3, -0.25) is 19.6 Å². The molecule has 11 heteroatoms. The van der Waals surface area contributed by atoms with Gasteiger partial charge in [0.05, 0.1) is 14.2 Å². The van der Waals surface area contributed by atoms with Gasteiger partial charge in [0.1, 0.15) is 10.8 Å². The SMILES string of the molecule is COC(=O)[C@H](C)Sc1nnc(NC(=O)c2cn(C)nc2OC)s1. The minimum Gasteiger partial charge on any atom is -0.479 e. The van der Waals surface area contributed by atoms with Crippen LogP contribution in [0.3, 0.4) is 0 Å². The van der Waals surface area contributed by atoms with E-state index in [9.17, 15) is 9.59 Å². The summed E-state index contributed by atoms with van der Waals surface area (Å²) in [5.41, 5.74) is 0.294. The molecule has 2 aromatic rings. The highest BCUT2D eigenvalue weighted by Crippen LogP contribution is 2.29. The summed E-state index contributed by atoms with van der Waals surface area (Å²) in [5, 5.41) is 14.4. The maximum Gasteiger partial charge on any atom is 0.318 e. The minimum atomic E-state index is -0.407. The van der Waals surface area contributed by atoms with E-state index >= 15 is 0 Å². The summed E-state index contributed by atoms with van der Waals surface area (Å²) in [6.07, 6.45) is 1.55. The van der Waals surface area contributed by atoms with Gasteiger partial charge in [0.15, 0.2) is 4.34 Å². The van der Waals surface area contributed by atoms with E-state index in [-0.39, 0.29) is 11.8 Å². The molecule has 9 nitrogen and oxygen atoms in total. The van der Waals surface area contributed by atoms with Crippen molar-refractivity contribution in [1.82, 2.24) is 20.0 Å². The van der Waals surface area contributed by atoms with Crippen molar-refractivity contribution in [2.24, 2.45) is 7.05 Å². The van der Waals surface area contributed by atoms with E-state index in [0.717, 1.165) is 0 Å².